The monoisotopic (exact) mass is 359 g/mol. The van der Waals surface area contributed by atoms with E-state index in [0.29, 0.717) is 18.2 Å². The van der Waals surface area contributed by atoms with Gasteiger partial charge in [-0.3, -0.25) is 4.79 Å². The summed E-state index contributed by atoms with van der Waals surface area (Å²) in [5, 5.41) is 4.90. The quantitative estimate of drug-likeness (QED) is 0.804. The second-order valence-electron chi connectivity index (χ2n) is 6.57. The number of thiocarbonyl (C=S) groups is 1. The van der Waals surface area contributed by atoms with Crippen LogP contribution in [-0.4, -0.2) is 40.8 Å². The molecule has 0 spiro atoms. The van der Waals surface area contributed by atoms with Crippen LogP contribution >= 0.6 is 12.2 Å². The topological polar surface area (TPSA) is 57.4 Å². The maximum atomic E-state index is 12.5. The van der Waals surface area contributed by atoms with Gasteiger partial charge in [-0.1, -0.05) is 12.1 Å². The largest absolute Gasteiger partial charge is 0.376 e. The third kappa shape index (κ3) is 4.38. The Bertz CT molecular complexity index is 812. The number of nitrogens with zero attached hydrogens (tertiary/aromatic N) is 1. The Hall–Kier alpha value is -1.92. The summed E-state index contributed by atoms with van der Waals surface area (Å²) in [7, 11) is 0. The van der Waals surface area contributed by atoms with Crippen LogP contribution in [0.4, 0.5) is 0 Å². The first-order chi connectivity index (χ1) is 12.1. The normalized spacial score (nSPS) is 17.0. The summed E-state index contributed by atoms with van der Waals surface area (Å²) in [5.74, 6) is 0. The second kappa shape index (κ2) is 7.97. The Kier molecular flexibility index (Phi) is 5.71. The van der Waals surface area contributed by atoms with Crippen LogP contribution in [0.5, 0.6) is 0 Å². The summed E-state index contributed by atoms with van der Waals surface area (Å²) in [5.41, 5.74) is 2.65. The summed E-state index contributed by atoms with van der Waals surface area (Å²) in [4.78, 5) is 17.6. The first-order valence-corrected chi connectivity index (χ1v) is 9.24. The smallest absolute Gasteiger partial charge is 0.253 e. The zero-order chi connectivity index (χ0) is 17.8. The number of pyridine rings is 1. The van der Waals surface area contributed by atoms with E-state index < -0.39 is 0 Å². The molecule has 0 aliphatic carbocycles. The molecule has 2 N–H and O–H groups in total. The molecule has 134 valence electrons. The number of nitrogens with one attached hydrogen (secondary N) is 2. The minimum atomic E-state index is -0.0604. The van der Waals surface area contributed by atoms with Crippen LogP contribution in [0.3, 0.4) is 0 Å². The molecule has 1 atom stereocenters. The molecule has 1 fully saturated rings. The first kappa shape index (κ1) is 17.9. The SMILES string of the molecule is CCNC(=S)N(Cc1cc2ccc(C)cc2[nH]c1=O)CC1CCCO1. The van der Waals surface area contributed by atoms with E-state index in [1.165, 1.54) is 0 Å². The maximum absolute atomic E-state index is 12.5. The number of H-pyrrole nitrogens is 1. The van der Waals surface area contributed by atoms with Crippen LogP contribution in [-0.2, 0) is 11.3 Å². The number of fused-ring (bicyclic) bond motifs is 1. The van der Waals surface area contributed by atoms with Crippen molar-refractivity contribution in [2.75, 3.05) is 19.7 Å². The average molecular weight is 359 g/mol. The van der Waals surface area contributed by atoms with E-state index >= 15 is 0 Å². The standard InChI is InChI=1S/C19H25N3O2S/c1-3-20-19(25)22(12-16-5-4-8-24-16)11-15-10-14-7-6-13(2)9-17(14)21-18(15)23/h6-7,9-10,16H,3-5,8,11-12H2,1-2H3,(H,20,25)(H,21,23). The number of aryl methyl sites for hydroxylation is 1. The summed E-state index contributed by atoms with van der Waals surface area (Å²) >= 11 is 5.51. The highest BCUT2D eigenvalue weighted by Crippen LogP contribution is 2.17. The van der Waals surface area contributed by atoms with Crippen LogP contribution in [0.25, 0.3) is 10.9 Å². The van der Waals surface area contributed by atoms with Crippen molar-refractivity contribution in [3.05, 3.63) is 45.7 Å². The fourth-order valence-electron chi connectivity index (χ4n) is 3.20. The number of rotatable bonds is 5. The molecule has 2 heterocycles. The van der Waals surface area contributed by atoms with Crippen LogP contribution in [0, 0.1) is 6.92 Å². The number of benzene rings is 1. The van der Waals surface area contributed by atoms with Crippen molar-refractivity contribution in [2.45, 2.75) is 39.3 Å². The molecule has 1 aromatic heterocycles. The van der Waals surface area contributed by atoms with E-state index in [-0.39, 0.29) is 11.7 Å². The highest BCUT2D eigenvalue weighted by atomic mass is 32.1. The first-order valence-electron chi connectivity index (χ1n) is 8.83. The van der Waals surface area contributed by atoms with Gasteiger partial charge < -0.3 is 19.9 Å². The van der Waals surface area contributed by atoms with Crippen molar-refractivity contribution in [3.63, 3.8) is 0 Å². The van der Waals surface area contributed by atoms with Crippen molar-refractivity contribution >= 4 is 28.2 Å². The molecule has 5 nitrogen and oxygen atoms in total. The van der Waals surface area contributed by atoms with Crippen LogP contribution in [0.15, 0.2) is 29.1 Å². The Morgan fingerprint density at radius 1 is 1.44 bits per heavy atom. The van der Waals surface area contributed by atoms with Gasteiger partial charge in [-0.05, 0) is 62.0 Å². The van der Waals surface area contributed by atoms with E-state index in [4.69, 9.17) is 17.0 Å². The van der Waals surface area contributed by atoms with E-state index in [9.17, 15) is 4.79 Å². The van der Waals surface area contributed by atoms with Gasteiger partial charge in [-0.25, -0.2) is 0 Å². The predicted molar refractivity (Wildman–Crippen MR) is 105 cm³/mol. The highest BCUT2D eigenvalue weighted by Gasteiger charge is 2.21. The zero-order valence-corrected chi connectivity index (χ0v) is 15.6. The van der Waals surface area contributed by atoms with E-state index in [2.05, 4.69) is 16.4 Å². The molecule has 3 rings (SSSR count). The zero-order valence-electron chi connectivity index (χ0n) is 14.8. The lowest BCUT2D eigenvalue weighted by Crippen LogP contribution is -2.43. The van der Waals surface area contributed by atoms with Gasteiger partial charge in [0.25, 0.3) is 5.56 Å². The molecule has 25 heavy (non-hydrogen) atoms. The van der Waals surface area contributed by atoms with Gasteiger partial charge in [0.2, 0.25) is 0 Å². The second-order valence-corrected chi connectivity index (χ2v) is 6.95. The molecule has 0 radical (unpaired) electrons. The highest BCUT2D eigenvalue weighted by molar-refractivity contribution is 7.80. The average Bonchev–Trinajstić information content (AvgIpc) is 3.08. The van der Waals surface area contributed by atoms with Crippen molar-refractivity contribution in [3.8, 4) is 0 Å². The number of ether oxygens (including phenoxy) is 1. The molecule has 1 aromatic carbocycles. The van der Waals surface area contributed by atoms with Gasteiger partial charge in [-0.15, -0.1) is 0 Å². The molecular formula is C19H25N3O2S. The lowest BCUT2D eigenvalue weighted by atomic mass is 10.1. The minimum absolute atomic E-state index is 0.0604. The fourth-order valence-corrected chi connectivity index (χ4v) is 3.48. The molecule has 0 bridgehead atoms. The van der Waals surface area contributed by atoms with Gasteiger partial charge in [0.05, 0.1) is 12.6 Å². The molecule has 1 aliphatic rings. The van der Waals surface area contributed by atoms with Crippen LogP contribution in [0.1, 0.15) is 30.9 Å². The molecule has 6 heteroatoms. The van der Waals surface area contributed by atoms with Crippen LogP contribution < -0.4 is 10.9 Å². The van der Waals surface area contributed by atoms with Gasteiger partial charge in [0.1, 0.15) is 0 Å². The summed E-state index contributed by atoms with van der Waals surface area (Å²) < 4.78 is 5.75. The molecule has 0 amide bonds. The predicted octanol–water partition coefficient (Wildman–Crippen LogP) is 2.71. The molecule has 2 aromatic rings. The molecule has 1 saturated heterocycles. The molecular weight excluding hydrogens is 334 g/mol. The van der Waals surface area contributed by atoms with Gasteiger partial charge >= 0.3 is 0 Å². The minimum Gasteiger partial charge on any atom is -0.376 e. The van der Waals surface area contributed by atoms with Crippen molar-refractivity contribution in [1.82, 2.24) is 15.2 Å². The maximum Gasteiger partial charge on any atom is 0.253 e. The van der Waals surface area contributed by atoms with Gasteiger partial charge in [0, 0.05) is 30.8 Å². The lowest BCUT2D eigenvalue weighted by molar-refractivity contribution is 0.0897. The third-order valence-corrected chi connectivity index (χ3v) is 4.91. The lowest BCUT2D eigenvalue weighted by Gasteiger charge is -2.28. The third-order valence-electron chi connectivity index (χ3n) is 4.50. The van der Waals surface area contributed by atoms with E-state index in [1.807, 2.05) is 36.9 Å². The van der Waals surface area contributed by atoms with Crippen molar-refractivity contribution in [1.29, 1.82) is 0 Å². The Labute approximate surface area is 153 Å². The number of aromatic nitrogens is 1. The van der Waals surface area contributed by atoms with Gasteiger partial charge in [0.15, 0.2) is 5.11 Å². The molecule has 1 unspecified atom stereocenters. The van der Waals surface area contributed by atoms with E-state index in [0.717, 1.165) is 48.0 Å². The summed E-state index contributed by atoms with van der Waals surface area (Å²) in [6.07, 6.45) is 2.31. The molecule has 0 saturated carbocycles. The number of aromatic amines is 1. The number of hydrogen-bond donors (Lipinski definition) is 2. The number of hydrogen-bond acceptors (Lipinski definition) is 3. The Balaban J connectivity index is 1.85. The van der Waals surface area contributed by atoms with Crippen molar-refractivity contribution < 1.29 is 4.74 Å². The van der Waals surface area contributed by atoms with E-state index in [1.54, 1.807) is 0 Å². The molecule has 1 aliphatic heterocycles. The van der Waals surface area contributed by atoms with Crippen LogP contribution in [0.2, 0.25) is 0 Å². The van der Waals surface area contributed by atoms with Crippen molar-refractivity contribution in [2.24, 2.45) is 0 Å². The van der Waals surface area contributed by atoms with Gasteiger partial charge in [-0.2, -0.15) is 0 Å². The summed E-state index contributed by atoms with van der Waals surface area (Å²) in [6.45, 7) is 6.78. The Morgan fingerprint density at radius 2 is 2.28 bits per heavy atom. The fraction of sp³-hybridized carbons (Fsp3) is 0.474. The summed E-state index contributed by atoms with van der Waals surface area (Å²) in [6, 6.07) is 8.05. The Morgan fingerprint density at radius 3 is 3.00 bits per heavy atom.